The second-order valence-corrected chi connectivity index (χ2v) is 11.4. The van der Waals surface area contributed by atoms with Gasteiger partial charge >= 0.3 is 0 Å². The Morgan fingerprint density at radius 1 is 1.23 bits per heavy atom. The van der Waals surface area contributed by atoms with E-state index in [2.05, 4.69) is 5.32 Å². The van der Waals surface area contributed by atoms with Gasteiger partial charge in [-0.3, -0.25) is 4.79 Å². The molecule has 0 radical (unpaired) electrons. The van der Waals surface area contributed by atoms with Crippen LogP contribution in [0.25, 0.3) is 0 Å². The summed E-state index contributed by atoms with van der Waals surface area (Å²) in [4.78, 5) is 14.2. The highest BCUT2D eigenvalue weighted by Crippen LogP contribution is 2.45. The van der Waals surface area contributed by atoms with E-state index < -0.39 is 10.0 Å². The summed E-state index contributed by atoms with van der Waals surface area (Å²) in [5, 5.41) is 5.02. The third-order valence-corrected chi connectivity index (χ3v) is 8.94. The first kappa shape index (κ1) is 21.5. The van der Waals surface area contributed by atoms with Crippen LogP contribution in [0.2, 0.25) is 0 Å². The van der Waals surface area contributed by atoms with Gasteiger partial charge < -0.3 is 10.1 Å². The second kappa shape index (κ2) is 8.78. The van der Waals surface area contributed by atoms with Gasteiger partial charge in [0.1, 0.15) is 0 Å². The Hall–Kier alpha value is -1.74. The van der Waals surface area contributed by atoms with Gasteiger partial charge in [0, 0.05) is 36.6 Å². The molecule has 1 aromatic heterocycles. The SMILES string of the molecule is Cc1ccc(CS(=O)(=O)N2C[C@H](C(=O)NCc3cccs3)C3(CCOCC3)C2)cc1. The van der Waals surface area contributed by atoms with Crippen LogP contribution in [0.1, 0.15) is 28.8 Å². The maximum atomic E-state index is 13.2. The summed E-state index contributed by atoms with van der Waals surface area (Å²) in [7, 11) is -3.51. The largest absolute Gasteiger partial charge is 0.381 e. The molecule has 1 spiro atoms. The van der Waals surface area contributed by atoms with Crippen LogP contribution in [0.3, 0.4) is 0 Å². The van der Waals surface area contributed by atoms with E-state index in [0.717, 1.165) is 16.0 Å². The zero-order valence-corrected chi connectivity index (χ0v) is 18.8. The van der Waals surface area contributed by atoms with Crippen molar-refractivity contribution in [3.8, 4) is 0 Å². The number of sulfonamides is 1. The molecule has 0 aliphatic carbocycles. The lowest BCUT2D eigenvalue weighted by Gasteiger charge is -2.37. The lowest BCUT2D eigenvalue weighted by atomic mass is 9.72. The van der Waals surface area contributed by atoms with Crippen LogP contribution in [0.15, 0.2) is 41.8 Å². The van der Waals surface area contributed by atoms with E-state index >= 15 is 0 Å². The van der Waals surface area contributed by atoms with Crippen LogP contribution in [-0.4, -0.2) is 44.9 Å². The molecule has 4 rings (SSSR count). The van der Waals surface area contributed by atoms with Gasteiger partial charge in [0.25, 0.3) is 0 Å². The van der Waals surface area contributed by atoms with Crippen LogP contribution in [0.4, 0.5) is 0 Å². The topological polar surface area (TPSA) is 75.7 Å². The maximum absolute atomic E-state index is 13.2. The number of hydrogen-bond donors (Lipinski definition) is 1. The van der Waals surface area contributed by atoms with Gasteiger partial charge in [-0.15, -0.1) is 11.3 Å². The van der Waals surface area contributed by atoms with Crippen molar-refractivity contribution < 1.29 is 17.9 Å². The predicted octanol–water partition coefficient (Wildman–Crippen LogP) is 2.93. The van der Waals surface area contributed by atoms with Gasteiger partial charge in [-0.1, -0.05) is 35.9 Å². The van der Waals surface area contributed by atoms with Crippen molar-refractivity contribution in [3.05, 3.63) is 57.8 Å². The fourth-order valence-electron chi connectivity index (χ4n) is 4.48. The molecule has 2 fully saturated rings. The Morgan fingerprint density at radius 2 is 1.97 bits per heavy atom. The smallest absolute Gasteiger partial charge is 0.225 e. The fourth-order valence-corrected chi connectivity index (χ4v) is 6.75. The van der Waals surface area contributed by atoms with E-state index in [1.165, 1.54) is 4.31 Å². The Kier molecular flexibility index (Phi) is 6.29. The van der Waals surface area contributed by atoms with Crippen LogP contribution in [0.5, 0.6) is 0 Å². The number of rotatable bonds is 6. The molecule has 1 atom stereocenters. The molecule has 2 aromatic rings. The molecule has 2 aliphatic heterocycles. The molecule has 8 heteroatoms. The molecule has 30 heavy (non-hydrogen) atoms. The molecule has 1 aromatic carbocycles. The van der Waals surface area contributed by atoms with Gasteiger partial charge in [-0.05, 0) is 36.8 Å². The van der Waals surface area contributed by atoms with Gasteiger partial charge in [0.2, 0.25) is 15.9 Å². The zero-order valence-electron chi connectivity index (χ0n) is 17.2. The van der Waals surface area contributed by atoms with E-state index in [0.29, 0.717) is 39.1 Å². The number of benzene rings is 1. The average molecular weight is 449 g/mol. The van der Waals surface area contributed by atoms with E-state index in [-0.39, 0.29) is 29.5 Å². The molecule has 2 aliphatic rings. The van der Waals surface area contributed by atoms with Crippen molar-refractivity contribution in [2.75, 3.05) is 26.3 Å². The highest BCUT2D eigenvalue weighted by Gasteiger charge is 2.53. The van der Waals surface area contributed by atoms with Crippen LogP contribution in [0, 0.1) is 18.3 Å². The number of thiophene rings is 1. The van der Waals surface area contributed by atoms with E-state index in [4.69, 9.17) is 4.74 Å². The molecular formula is C22H28N2O4S2. The number of ether oxygens (including phenoxy) is 1. The van der Waals surface area contributed by atoms with Gasteiger partial charge in [-0.25, -0.2) is 12.7 Å². The van der Waals surface area contributed by atoms with Crippen LogP contribution >= 0.6 is 11.3 Å². The first-order chi connectivity index (χ1) is 14.4. The molecule has 1 amide bonds. The Bertz CT molecular complexity index is 965. The van der Waals surface area contributed by atoms with Crippen molar-refractivity contribution in [3.63, 3.8) is 0 Å². The molecular weight excluding hydrogens is 420 g/mol. The first-order valence-electron chi connectivity index (χ1n) is 10.3. The molecule has 162 valence electrons. The Labute approximate surface area is 182 Å². The summed E-state index contributed by atoms with van der Waals surface area (Å²) in [6.45, 7) is 4.23. The average Bonchev–Trinajstić information content (AvgIpc) is 3.37. The summed E-state index contributed by atoms with van der Waals surface area (Å²) in [6.07, 6.45) is 1.42. The maximum Gasteiger partial charge on any atom is 0.225 e. The van der Waals surface area contributed by atoms with Crippen molar-refractivity contribution >= 4 is 27.3 Å². The van der Waals surface area contributed by atoms with Crippen molar-refractivity contribution in [2.45, 2.75) is 32.1 Å². The van der Waals surface area contributed by atoms with Crippen molar-refractivity contribution in [1.82, 2.24) is 9.62 Å². The highest BCUT2D eigenvalue weighted by molar-refractivity contribution is 7.88. The summed E-state index contributed by atoms with van der Waals surface area (Å²) >= 11 is 1.60. The minimum atomic E-state index is -3.51. The number of hydrogen-bond acceptors (Lipinski definition) is 5. The van der Waals surface area contributed by atoms with Gasteiger partial charge in [0.15, 0.2) is 0 Å². The quantitative estimate of drug-likeness (QED) is 0.737. The molecule has 2 saturated heterocycles. The van der Waals surface area contributed by atoms with E-state index in [1.807, 2.05) is 48.7 Å². The number of carbonyl (C=O) groups excluding carboxylic acids is 1. The lowest BCUT2D eigenvalue weighted by Crippen LogP contribution is -2.44. The van der Waals surface area contributed by atoms with Gasteiger partial charge in [-0.2, -0.15) is 0 Å². The lowest BCUT2D eigenvalue weighted by molar-refractivity contribution is -0.130. The molecule has 3 heterocycles. The third-order valence-electron chi connectivity index (χ3n) is 6.30. The summed E-state index contributed by atoms with van der Waals surface area (Å²) in [5.41, 5.74) is 1.52. The summed E-state index contributed by atoms with van der Waals surface area (Å²) in [5.74, 6) is -0.448. The minimum Gasteiger partial charge on any atom is -0.381 e. The van der Waals surface area contributed by atoms with Crippen molar-refractivity contribution in [2.24, 2.45) is 11.3 Å². The number of amides is 1. The van der Waals surface area contributed by atoms with Crippen LogP contribution in [-0.2, 0) is 31.9 Å². The molecule has 6 nitrogen and oxygen atoms in total. The third kappa shape index (κ3) is 4.61. The molecule has 0 bridgehead atoms. The monoisotopic (exact) mass is 448 g/mol. The summed E-state index contributed by atoms with van der Waals surface area (Å²) < 4.78 is 33.4. The Balaban J connectivity index is 1.51. The number of carbonyl (C=O) groups is 1. The van der Waals surface area contributed by atoms with E-state index in [9.17, 15) is 13.2 Å². The highest BCUT2D eigenvalue weighted by atomic mass is 32.2. The predicted molar refractivity (Wildman–Crippen MR) is 118 cm³/mol. The number of aryl methyl sites for hydroxylation is 1. The minimum absolute atomic E-state index is 0.0383. The fraction of sp³-hybridized carbons (Fsp3) is 0.500. The Morgan fingerprint density at radius 3 is 2.63 bits per heavy atom. The normalized spacial score (nSPS) is 21.7. The van der Waals surface area contributed by atoms with Gasteiger partial charge in [0.05, 0.1) is 18.2 Å². The molecule has 0 unspecified atom stereocenters. The van der Waals surface area contributed by atoms with Crippen LogP contribution < -0.4 is 5.32 Å². The zero-order chi connectivity index (χ0) is 21.2. The standard InChI is InChI=1S/C22H28N2O4S2/c1-17-4-6-18(7-5-17)15-30(26,27)24-14-20(22(16-24)8-10-28-11-9-22)21(25)23-13-19-3-2-12-29-19/h2-7,12,20H,8-11,13-16H2,1H3,(H,23,25)/t20-/m1/s1. The molecule has 1 N–H and O–H groups in total. The van der Waals surface area contributed by atoms with E-state index in [1.54, 1.807) is 11.3 Å². The van der Waals surface area contributed by atoms with Crippen molar-refractivity contribution in [1.29, 1.82) is 0 Å². The number of nitrogens with one attached hydrogen (secondary N) is 1. The second-order valence-electron chi connectivity index (χ2n) is 8.36. The molecule has 0 saturated carbocycles. The first-order valence-corrected chi connectivity index (χ1v) is 12.8. The summed E-state index contributed by atoms with van der Waals surface area (Å²) in [6, 6.07) is 11.5. The number of nitrogens with zero attached hydrogens (tertiary/aromatic N) is 1.